The maximum absolute atomic E-state index is 14.0. The zero-order valence-electron chi connectivity index (χ0n) is 19.0. The second-order valence-corrected chi connectivity index (χ2v) is 12.5. The van der Waals surface area contributed by atoms with Crippen molar-refractivity contribution in [3.8, 4) is 0 Å². The summed E-state index contributed by atoms with van der Waals surface area (Å²) in [5, 5.41) is -0.418. The molecule has 0 bridgehead atoms. The van der Waals surface area contributed by atoms with Gasteiger partial charge in [0.15, 0.2) is 9.84 Å². The van der Waals surface area contributed by atoms with E-state index in [1.807, 2.05) is 25.1 Å². The molecule has 1 aromatic rings. The molecule has 1 fully saturated rings. The van der Waals surface area contributed by atoms with Gasteiger partial charge in [-0.3, -0.25) is 0 Å². The predicted octanol–water partition coefficient (Wildman–Crippen LogP) is 6.98. The number of fused-ring (bicyclic) bond motifs is 1. The van der Waals surface area contributed by atoms with Crippen LogP contribution in [0, 0.1) is 22.7 Å². The first-order valence-electron chi connectivity index (χ1n) is 11.1. The van der Waals surface area contributed by atoms with Gasteiger partial charge in [-0.05, 0) is 75.3 Å². The number of hydrogen-bond donors (Lipinski definition) is 0. The molecule has 0 saturated heterocycles. The number of rotatable bonds is 5. The minimum atomic E-state index is -3.45. The van der Waals surface area contributed by atoms with Crippen LogP contribution >= 0.6 is 0 Å². The van der Waals surface area contributed by atoms with Gasteiger partial charge in [-0.15, -0.1) is 0 Å². The Morgan fingerprint density at radius 2 is 1.83 bits per heavy atom. The predicted molar refractivity (Wildman–Crippen MR) is 123 cm³/mol. The highest BCUT2D eigenvalue weighted by molar-refractivity contribution is 7.92. The molecule has 4 atom stereocenters. The summed E-state index contributed by atoms with van der Waals surface area (Å²) in [5.74, 6) is 0.581. The molecule has 3 rings (SSSR count). The molecule has 160 valence electrons. The molecule has 0 aromatic heterocycles. The molecular weight excluding hydrogens is 376 g/mol. The van der Waals surface area contributed by atoms with Crippen molar-refractivity contribution in [3.63, 3.8) is 0 Å². The van der Waals surface area contributed by atoms with E-state index in [1.54, 1.807) is 12.1 Å². The number of allylic oxidation sites excluding steroid dienone is 4. The summed E-state index contributed by atoms with van der Waals surface area (Å²) >= 11 is 0. The number of benzene rings is 1. The number of sulfone groups is 1. The topological polar surface area (TPSA) is 34.1 Å². The molecule has 0 heterocycles. The Kier molecular flexibility index (Phi) is 6.21. The first kappa shape index (κ1) is 22.3. The van der Waals surface area contributed by atoms with Crippen LogP contribution in [0.3, 0.4) is 0 Å². The Bertz CT molecular complexity index is 892. The normalized spacial score (nSPS) is 31.0. The standard InChI is InChI=1S/C26H38O2S/c1-7-19(2)18-22(29(27,28)21-12-9-8-10-13-21)24-20(3)14-15-23-25(4,5)16-11-17-26(23,24)6/h7-10,12-14,22-24H,11,15-18H2,1-6H3/b19-7+/t22?,23?,24-,26+/m1/s1. The van der Waals surface area contributed by atoms with E-state index in [2.05, 4.69) is 46.8 Å². The van der Waals surface area contributed by atoms with Crippen molar-refractivity contribution in [1.29, 1.82) is 0 Å². The van der Waals surface area contributed by atoms with Crippen molar-refractivity contribution >= 4 is 9.84 Å². The summed E-state index contributed by atoms with van der Waals surface area (Å²) in [6, 6.07) is 9.09. The van der Waals surface area contributed by atoms with Crippen LogP contribution in [0.15, 0.2) is 58.5 Å². The van der Waals surface area contributed by atoms with Gasteiger partial charge in [-0.1, -0.05) is 68.7 Å². The van der Waals surface area contributed by atoms with Gasteiger partial charge in [0.1, 0.15) is 0 Å². The average molecular weight is 415 g/mol. The molecule has 1 saturated carbocycles. The summed E-state index contributed by atoms with van der Waals surface area (Å²) in [6.07, 6.45) is 9.63. The van der Waals surface area contributed by atoms with E-state index in [4.69, 9.17) is 0 Å². The van der Waals surface area contributed by atoms with Crippen LogP contribution in [-0.4, -0.2) is 13.7 Å². The van der Waals surface area contributed by atoms with Crippen molar-refractivity contribution in [1.82, 2.24) is 0 Å². The third-order valence-electron chi connectivity index (χ3n) is 8.01. The smallest absolute Gasteiger partial charge is 0.182 e. The van der Waals surface area contributed by atoms with Crippen molar-refractivity contribution in [2.24, 2.45) is 22.7 Å². The van der Waals surface area contributed by atoms with Crippen LogP contribution in [-0.2, 0) is 9.84 Å². The minimum absolute atomic E-state index is 0.0150. The Morgan fingerprint density at radius 3 is 2.45 bits per heavy atom. The van der Waals surface area contributed by atoms with E-state index in [1.165, 1.54) is 18.4 Å². The molecule has 0 spiro atoms. The molecular formula is C26H38O2S. The second kappa shape index (κ2) is 8.06. The van der Waals surface area contributed by atoms with Crippen LogP contribution in [0.2, 0.25) is 0 Å². The SMILES string of the molecule is C/C=C(\C)CC([C@H]1C(C)=CCC2C(C)(C)CCC[C@@]21C)S(=O)(=O)c1ccccc1. The molecule has 2 aliphatic carbocycles. The van der Waals surface area contributed by atoms with E-state index in [-0.39, 0.29) is 16.7 Å². The van der Waals surface area contributed by atoms with E-state index in [9.17, 15) is 8.42 Å². The summed E-state index contributed by atoms with van der Waals surface area (Å²) in [4.78, 5) is 0.461. The Labute approximate surface area is 178 Å². The zero-order chi connectivity index (χ0) is 21.4. The van der Waals surface area contributed by atoms with Crippen LogP contribution in [0.4, 0.5) is 0 Å². The number of hydrogen-bond acceptors (Lipinski definition) is 2. The summed E-state index contributed by atoms with van der Waals surface area (Å²) < 4.78 is 27.9. The lowest BCUT2D eigenvalue weighted by Crippen LogP contribution is -2.53. The van der Waals surface area contributed by atoms with Crippen LogP contribution in [0.1, 0.15) is 73.6 Å². The fraction of sp³-hybridized carbons (Fsp3) is 0.615. The molecule has 29 heavy (non-hydrogen) atoms. The lowest BCUT2D eigenvalue weighted by molar-refractivity contribution is -0.0379. The van der Waals surface area contributed by atoms with Crippen LogP contribution < -0.4 is 0 Å². The van der Waals surface area contributed by atoms with Gasteiger partial charge in [-0.25, -0.2) is 8.42 Å². The minimum Gasteiger partial charge on any atom is -0.223 e. The monoisotopic (exact) mass is 414 g/mol. The van der Waals surface area contributed by atoms with Gasteiger partial charge in [0.05, 0.1) is 10.1 Å². The zero-order valence-corrected chi connectivity index (χ0v) is 19.9. The summed E-state index contributed by atoms with van der Waals surface area (Å²) in [5.41, 5.74) is 2.69. The van der Waals surface area contributed by atoms with Gasteiger partial charge in [0, 0.05) is 5.92 Å². The van der Waals surface area contributed by atoms with Gasteiger partial charge in [0.25, 0.3) is 0 Å². The molecule has 2 nitrogen and oxygen atoms in total. The van der Waals surface area contributed by atoms with E-state index >= 15 is 0 Å². The lowest BCUT2D eigenvalue weighted by Gasteiger charge is -2.58. The third kappa shape index (κ3) is 4.00. The van der Waals surface area contributed by atoms with Crippen molar-refractivity contribution < 1.29 is 8.42 Å². The Hall–Kier alpha value is -1.35. The molecule has 1 aromatic carbocycles. The maximum atomic E-state index is 14.0. The second-order valence-electron chi connectivity index (χ2n) is 10.3. The highest BCUT2D eigenvalue weighted by Gasteiger charge is 2.55. The van der Waals surface area contributed by atoms with E-state index in [0.29, 0.717) is 17.2 Å². The van der Waals surface area contributed by atoms with Crippen LogP contribution in [0.5, 0.6) is 0 Å². The first-order chi connectivity index (χ1) is 13.5. The van der Waals surface area contributed by atoms with E-state index in [0.717, 1.165) is 18.4 Å². The summed E-state index contributed by atoms with van der Waals surface area (Å²) in [7, 11) is -3.45. The molecule has 0 radical (unpaired) electrons. The highest BCUT2D eigenvalue weighted by Crippen LogP contribution is 2.61. The van der Waals surface area contributed by atoms with Gasteiger partial charge >= 0.3 is 0 Å². The largest absolute Gasteiger partial charge is 0.223 e. The van der Waals surface area contributed by atoms with Crippen molar-refractivity contribution in [2.45, 2.75) is 83.8 Å². The van der Waals surface area contributed by atoms with Gasteiger partial charge in [0.2, 0.25) is 0 Å². The molecule has 0 aliphatic heterocycles. The summed E-state index contributed by atoms with van der Waals surface area (Å²) in [6.45, 7) is 13.4. The maximum Gasteiger partial charge on any atom is 0.182 e. The highest BCUT2D eigenvalue weighted by atomic mass is 32.2. The first-order valence-corrected chi connectivity index (χ1v) is 12.7. The fourth-order valence-electron chi connectivity index (χ4n) is 6.42. The fourth-order valence-corrected chi connectivity index (χ4v) is 8.67. The third-order valence-corrected chi connectivity index (χ3v) is 10.2. The quantitative estimate of drug-likeness (QED) is 0.487. The molecule has 3 heteroatoms. The Morgan fingerprint density at radius 1 is 1.17 bits per heavy atom. The average Bonchev–Trinajstić information content (AvgIpc) is 2.66. The van der Waals surface area contributed by atoms with Gasteiger partial charge in [-0.2, -0.15) is 0 Å². The molecule has 2 unspecified atom stereocenters. The molecule has 0 N–H and O–H groups in total. The van der Waals surface area contributed by atoms with Crippen molar-refractivity contribution in [2.75, 3.05) is 0 Å². The van der Waals surface area contributed by atoms with E-state index < -0.39 is 15.1 Å². The molecule has 2 aliphatic rings. The Balaban J connectivity index is 2.16. The lowest BCUT2D eigenvalue weighted by atomic mass is 9.48. The van der Waals surface area contributed by atoms with Gasteiger partial charge < -0.3 is 0 Å². The van der Waals surface area contributed by atoms with Crippen LogP contribution in [0.25, 0.3) is 0 Å². The molecule has 0 amide bonds. The van der Waals surface area contributed by atoms with Crippen molar-refractivity contribution in [3.05, 3.63) is 53.6 Å².